The summed E-state index contributed by atoms with van der Waals surface area (Å²) in [4.78, 5) is 21.6. The summed E-state index contributed by atoms with van der Waals surface area (Å²) in [6.45, 7) is 1.44. The maximum Gasteiger partial charge on any atom is 0.247 e. The van der Waals surface area contributed by atoms with Crippen LogP contribution in [-0.4, -0.2) is 27.1 Å². The largest absolute Gasteiger partial charge is 0.273 e. The monoisotopic (exact) mass is 311 g/mol. The zero-order valence-electron chi connectivity index (χ0n) is 15.5. The number of rotatable bonds is 11. The van der Waals surface area contributed by atoms with Crippen LogP contribution in [-0.2, 0) is 0 Å². The van der Waals surface area contributed by atoms with Crippen LogP contribution in [0.15, 0.2) is 6.07 Å². The van der Waals surface area contributed by atoms with E-state index in [1.807, 2.05) is 19.9 Å². The van der Waals surface area contributed by atoms with E-state index in [2.05, 4.69) is 5.10 Å². The normalized spacial score (nSPS) is 12.8. The lowest BCUT2D eigenvalue weighted by Gasteiger charge is -2.03. The van der Waals surface area contributed by atoms with Crippen molar-refractivity contribution < 1.29 is 12.5 Å². The minimum atomic E-state index is -2.30. The summed E-state index contributed by atoms with van der Waals surface area (Å²) in [6.07, 6.45) is 6.58. The number of aryl methyl sites for hydroxylation is 2. The maximum atomic E-state index is 12.0. The van der Waals surface area contributed by atoms with Crippen LogP contribution in [0.4, 0.5) is 0 Å². The van der Waals surface area contributed by atoms with Crippen molar-refractivity contribution in [3.63, 3.8) is 0 Å². The van der Waals surface area contributed by atoms with Gasteiger partial charge in [0, 0.05) is 23.5 Å². The molecule has 6 heteroatoms. The number of carbonyl (C=O) groups is 1. The molecule has 1 heterocycles. The van der Waals surface area contributed by atoms with E-state index in [0.717, 1.165) is 49.9 Å². The third-order valence-corrected chi connectivity index (χ3v) is 3.55. The van der Waals surface area contributed by atoms with Gasteiger partial charge in [-0.25, -0.2) is 4.68 Å². The lowest BCUT2D eigenvalue weighted by atomic mass is 10.1. The van der Waals surface area contributed by atoms with E-state index in [-0.39, 0.29) is 12.3 Å². The van der Waals surface area contributed by atoms with Gasteiger partial charge in [-0.15, -0.1) is 0 Å². The summed E-state index contributed by atoms with van der Waals surface area (Å²) in [5.41, 5.74) is 1.72. The van der Waals surface area contributed by atoms with E-state index in [4.69, 9.17) is 2.74 Å². The van der Waals surface area contributed by atoms with Gasteiger partial charge in [0.1, 0.15) is 2.74 Å². The van der Waals surface area contributed by atoms with Crippen LogP contribution in [0, 0.1) is 24.0 Å². The van der Waals surface area contributed by atoms with Gasteiger partial charge in [-0.2, -0.15) is 5.10 Å². The van der Waals surface area contributed by atoms with Gasteiger partial charge in [-0.3, -0.25) is 14.9 Å². The fourth-order valence-electron chi connectivity index (χ4n) is 2.44. The highest BCUT2D eigenvalue weighted by molar-refractivity contribution is 5.78. The molecule has 0 bridgehead atoms. The van der Waals surface area contributed by atoms with Crippen molar-refractivity contribution in [2.24, 2.45) is 0 Å². The Hall–Kier alpha value is -1.72. The number of hydrogen-bond donors (Lipinski definition) is 0. The van der Waals surface area contributed by atoms with E-state index in [0.29, 0.717) is 12.8 Å². The highest BCUT2D eigenvalue weighted by Gasteiger charge is 2.09. The Balaban J connectivity index is 2.04. The molecule has 0 aliphatic heterocycles. The summed E-state index contributed by atoms with van der Waals surface area (Å²) in [5.74, 6) is 0.0302. The van der Waals surface area contributed by atoms with Crippen LogP contribution in [0.3, 0.4) is 0 Å². The standard InChI is InChI=1S/C16H27N3O3/c1-14-13-15(2)19(17-14)16(20)11-9-7-5-3-4-6-8-10-12-18(21)22/h13H,3-12H2,1-2H3/i12D2. The summed E-state index contributed by atoms with van der Waals surface area (Å²) >= 11 is 0. The molecule has 0 aliphatic carbocycles. The molecule has 6 nitrogen and oxygen atoms in total. The van der Waals surface area contributed by atoms with Gasteiger partial charge >= 0.3 is 0 Å². The summed E-state index contributed by atoms with van der Waals surface area (Å²) in [5, 5.41) is 14.6. The highest BCUT2D eigenvalue weighted by atomic mass is 16.6. The Labute approximate surface area is 134 Å². The number of unbranched alkanes of at least 4 members (excludes halogenated alkanes) is 6. The Morgan fingerprint density at radius 3 is 2.23 bits per heavy atom. The maximum absolute atomic E-state index is 12.0. The predicted molar refractivity (Wildman–Crippen MR) is 85.7 cm³/mol. The molecule has 1 aromatic rings. The predicted octanol–water partition coefficient (Wildman–Crippen LogP) is 3.93. The quantitative estimate of drug-likeness (QED) is 0.352. The van der Waals surface area contributed by atoms with Crippen molar-refractivity contribution in [1.29, 1.82) is 0 Å². The molecule has 0 radical (unpaired) electrons. The highest BCUT2D eigenvalue weighted by Crippen LogP contribution is 2.11. The van der Waals surface area contributed by atoms with Crippen LogP contribution in [0.5, 0.6) is 0 Å². The van der Waals surface area contributed by atoms with Gasteiger partial charge in [0.05, 0.1) is 5.69 Å². The second kappa shape index (κ2) is 10.1. The topological polar surface area (TPSA) is 78.0 Å². The van der Waals surface area contributed by atoms with Crippen molar-refractivity contribution >= 4 is 5.91 Å². The van der Waals surface area contributed by atoms with Gasteiger partial charge < -0.3 is 0 Å². The molecule has 0 atom stereocenters. The van der Waals surface area contributed by atoms with E-state index < -0.39 is 11.4 Å². The van der Waals surface area contributed by atoms with Gasteiger partial charge in [-0.05, 0) is 32.8 Å². The first-order valence-corrected chi connectivity index (χ1v) is 7.95. The fourth-order valence-corrected chi connectivity index (χ4v) is 2.44. The number of aromatic nitrogens is 2. The molecule has 124 valence electrons. The van der Waals surface area contributed by atoms with Crippen molar-refractivity contribution in [2.45, 2.75) is 71.6 Å². The summed E-state index contributed by atoms with van der Waals surface area (Å²) in [6, 6.07) is 1.89. The van der Waals surface area contributed by atoms with Gasteiger partial charge in [0.2, 0.25) is 12.4 Å². The van der Waals surface area contributed by atoms with Crippen LogP contribution in [0.25, 0.3) is 0 Å². The number of nitrogens with zero attached hydrogens (tertiary/aromatic N) is 3. The molecule has 1 rings (SSSR count). The van der Waals surface area contributed by atoms with Gasteiger partial charge in [-0.1, -0.05) is 32.1 Å². The molecule has 0 saturated carbocycles. The van der Waals surface area contributed by atoms with Crippen LogP contribution in [0.1, 0.15) is 76.7 Å². The third-order valence-electron chi connectivity index (χ3n) is 3.55. The molecule has 0 fully saturated rings. The van der Waals surface area contributed by atoms with E-state index >= 15 is 0 Å². The fraction of sp³-hybridized carbons (Fsp3) is 0.750. The number of nitro groups is 1. The Kier molecular flexibility index (Phi) is 6.96. The lowest BCUT2D eigenvalue weighted by Crippen LogP contribution is -2.13. The molecule has 0 unspecified atom stereocenters. The minimum Gasteiger partial charge on any atom is -0.273 e. The van der Waals surface area contributed by atoms with Crippen molar-refractivity contribution in [3.8, 4) is 0 Å². The second-order valence-electron chi connectivity index (χ2n) is 5.62. The Morgan fingerprint density at radius 1 is 1.18 bits per heavy atom. The molecular formula is C16H27N3O3. The second-order valence-corrected chi connectivity index (χ2v) is 5.62. The van der Waals surface area contributed by atoms with E-state index in [1.165, 1.54) is 4.68 Å². The smallest absolute Gasteiger partial charge is 0.247 e. The molecule has 0 amide bonds. The molecule has 0 saturated heterocycles. The first-order chi connectivity index (χ1) is 11.2. The first kappa shape index (κ1) is 15.2. The lowest BCUT2D eigenvalue weighted by molar-refractivity contribution is -0.480. The van der Waals surface area contributed by atoms with E-state index in [1.54, 1.807) is 0 Å². The molecular weight excluding hydrogens is 282 g/mol. The Morgan fingerprint density at radius 2 is 1.73 bits per heavy atom. The average molecular weight is 311 g/mol. The summed E-state index contributed by atoms with van der Waals surface area (Å²) < 4.78 is 15.9. The molecule has 0 aromatic carbocycles. The van der Waals surface area contributed by atoms with Gasteiger partial charge in [0.25, 0.3) is 0 Å². The van der Waals surface area contributed by atoms with Crippen molar-refractivity contribution in [1.82, 2.24) is 9.78 Å². The molecule has 0 N–H and O–H groups in total. The van der Waals surface area contributed by atoms with Crippen LogP contribution >= 0.6 is 0 Å². The van der Waals surface area contributed by atoms with Crippen molar-refractivity contribution in [2.75, 3.05) is 6.50 Å². The Bertz CT molecular complexity index is 559. The first-order valence-electron chi connectivity index (χ1n) is 8.95. The summed E-state index contributed by atoms with van der Waals surface area (Å²) in [7, 11) is 0. The average Bonchev–Trinajstić information content (AvgIpc) is 2.83. The SMILES string of the molecule is [2H]C([2H])(CCCCCCCCCC(=O)n1nc(C)cc1C)[N+](=O)[O-]. The number of carbonyl (C=O) groups excluding carboxylic acids is 1. The molecule has 1 aromatic heterocycles. The third kappa shape index (κ3) is 7.33. The van der Waals surface area contributed by atoms with Crippen LogP contribution in [0.2, 0.25) is 0 Å². The van der Waals surface area contributed by atoms with Crippen molar-refractivity contribution in [3.05, 3.63) is 27.6 Å². The van der Waals surface area contributed by atoms with Gasteiger partial charge in [0.15, 0.2) is 0 Å². The van der Waals surface area contributed by atoms with E-state index in [9.17, 15) is 14.9 Å². The molecule has 0 spiro atoms. The molecule has 22 heavy (non-hydrogen) atoms. The van der Waals surface area contributed by atoms with Crippen LogP contribution < -0.4 is 0 Å². The number of hydrogen-bond acceptors (Lipinski definition) is 4. The zero-order chi connectivity index (χ0) is 18.2. The molecule has 0 aliphatic rings. The minimum absolute atomic E-state index is 0.0302. The zero-order valence-corrected chi connectivity index (χ0v) is 13.5.